The maximum absolute atomic E-state index is 11.9. The van der Waals surface area contributed by atoms with Crippen LogP contribution in [0.4, 0.5) is 0 Å². The Bertz CT molecular complexity index is 412. The van der Waals surface area contributed by atoms with Crippen molar-refractivity contribution in [2.45, 2.75) is 25.0 Å². The number of carbonyl (C=O) groups excluding carboxylic acids is 1. The third-order valence-electron chi connectivity index (χ3n) is 3.90. The number of aliphatic hydroxyl groups excluding tert-OH is 1. The Hall–Kier alpha value is -0.910. The molecule has 5 heteroatoms. The van der Waals surface area contributed by atoms with Gasteiger partial charge in [0.2, 0.25) is 0 Å². The van der Waals surface area contributed by atoms with Crippen molar-refractivity contribution < 1.29 is 14.6 Å². The molecule has 1 aromatic rings. The second-order valence-corrected chi connectivity index (χ2v) is 6.01. The number of rotatable bonds is 3. The lowest BCUT2D eigenvalue weighted by Gasteiger charge is -2.44. The highest BCUT2D eigenvalue weighted by Crippen LogP contribution is 2.31. The van der Waals surface area contributed by atoms with E-state index in [0.29, 0.717) is 10.8 Å². The van der Waals surface area contributed by atoms with Gasteiger partial charge in [-0.15, -0.1) is 11.3 Å². The molecule has 2 atom stereocenters. The molecule has 0 saturated carbocycles. The number of aliphatic hydroxyl groups is 1. The summed E-state index contributed by atoms with van der Waals surface area (Å²) in [5.41, 5.74) is 0. The minimum absolute atomic E-state index is 0.0328. The number of piperidine rings is 3. The van der Waals surface area contributed by atoms with Gasteiger partial charge in [0.15, 0.2) is 6.10 Å². The normalized spacial score (nSPS) is 32.2. The summed E-state index contributed by atoms with van der Waals surface area (Å²) < 4.78 is 5.49. The van der Waals surface area contributed by atoms with Gasteiger partial charge in [-0.05, 0) is 43.3 Å². The van der Waals surface area contributed by atoms with Crippen LogP contribution in [0.1, 0.15) is 23.8 Å². The van der Waals surface area contributed by atoms with E-state index in [4.69, 9.17) is 4.74 Å². The molecule has 3 fully saturated rings. The minimum Gasteiger partial charge on any atom is -0.459 e. The van der Waals surface area contributed by atoms with E-state index in [9.17, 15) is 9.90 Å². The van der Waals surface area contributed by atoms with Crippen molar-refractivity contribution in [3.8, 4) is 0 Å². The highest BCUT2D eigenvalue weighted by molar-refractivity contribution is 7.10. The van der Waals surface area contributed by atoms with E-state index in [1.807, 2.05) is 11.4 Å². The fourth-order valence-corrected chi connectivity index (χ4v) is 3.52. The van der Waals surface area contributed by atoms with Crippen molar-refractivity contribution in [1.82, 2.24) is 4.90 Å². The first kappa shape index (κ1) is 12.1. The van der Waals surface area contributed by atoms with Gasteiger partial charge in [-0.2, -0.15) is 0 Å². The molecule has 1 unspecified atom stereocenters. The van der Waals surface area contributed by atoms with Gasteiger partial charge in [0.1, 0.15) is 6.10 Å². The van der Waals surface area contributed by atoms with E-state index in [2.05, 4.69) is 4.90 Å². The summed E-state index contributed by atoms with van der Waals surface area (Å²) in [6.45, 7) is 3.06. The summed E-state index contributed by atoms with van der Waals surface area (Å²) in [4.78, 5) is 14.9. The number of esters is 1. The molecule has 3 aliphatic rings. The zero-order valence-corrected chi connectivity index (χ0v) is 10.9. The molecule has 3 saturated heterocycles. The zero-order chi connectivity index (χ0) is 12.5. The van der Waals surface area contributed by atoms with Crippen LogP contribution in [-0.4, -0.2) is 41.7 Å². The maximum atomic E-state index is 11.9. The third-order valence-corrected chi connectivity index (χ3v) is 4.82. The quantitative estimate of drug-likeness (QED) is 0.842. The summed E-state index contributed by atoms with van der Waals surface area (Å²) in [5.74, 6) is -0.0225. The lowest BCUT2D eigenvalue weighted by atomic mass is 9.86. The van der Waals surface area contributed by atoms with Crippen molar-refractivity contribution in [3.05, 3.63) is 22.4 Å². The van der Waals surface area contributed by atoms with Crippen LogP contribution in [0.15, 0.2) is 17.5 Å². The second-order valence-electron chi connectivity index (χ2n) is 5.03. The first-order chi connectivity index (χ1) is 8.74. The van der Waals surface area contributed by atoms with E-state index in [1.54, 1.807) is 6.07 Å². The van der Waals surface area contributed by atoms with E-state index >= 15 is 0 Å². The Kier molecular flexibility index (Phi) is 3.37. The van der Waals surface area contributed by atoms with Crippen LogP contribution < -0.4 is 0 Å². The smallest absolute Gasteiger partial charge is 0.340 e. The average Bonchev–Trinajstić information content (AvgIpc) is 2.93. The number of fused-ring (bicyclic) bond motifs is 3. The largest absolute Gasteiger partial charge is 0.459 e. The highest BCUT2D eigenvalue weighted by Gasteiger charge is 2.37. The fraction of sp³-hybridized carbons (Fsp3) is 0.615. The summed E-state index contributed by atoms with van der Waals surface area (Å²) in [7, 11) is 0. The minimum atomic E-state index is -1.12. The van der Waals surface area contributed by atoms with Gasteiger partial charge in [0, 0.05) is 11.4 Å². The van der Waals surface area contributed by atoms with Gasteiger partial charge in [0.05, 0.1) is 0 Å². The van der Waals surface area contributed by atoms with Gasteiger partial charge >= 0.3 is 5.97 Å². The number of carbonyl (C=O) groups is 1. The van der Waals surface area contributed by atoms with Crippen LogP contribution in [0.3, 0.4) is 0 Å². The predicted molar refractivity (Wildman–Crippen MR) is 68.3 cm³/mol. The van der Waals surface area contributed by atoms with Crippen LogP contribution in [-0.2, 0) is 9.53 Å². The van der Waals surface area contributed by atoms with E-state index in [1.165, 1.54) is 11.3 Å². The van der Waals surface area contributed by atoms with Crippen molar-refractivity contribution in [1.29, 1.82) is 0 Å². The molecule has 0 radical (unpaired) electrons. The Morgan fingerprint density at radius 1 is 1.50 bits per heavy atom. The maximum Gasteiger partial charge on any atom is 0.340 e. The van der Waals surface area contributed by atoms with Crippen LogP contribution in [0.25, 0.3) is 0 Å². The number of hydrogen-bond donors (Lipinski definition) is 1. The van der Waals surface area contributed by atoms with Crippen LogP contribution in [0.5, 0.6) is 0 Å². The van der Waals surface area contributed by atoms with Crippen LogP contribution in [0, 0.1) is 5.92 Å². The first-order valence-corrected chi connectivity index (χ1v) is 7.26. The third kappa shape index (κ3) is 2.30. The Balaban J connectivity index is 1.61. The molecule has 18 heavy (non-hydrogen) atoms. The second kappa shape index (κ2) is 4.99. The average molecular weight is 267 g/mol. The SMILES string of the molecule is O=C(O[C@H]1CN2CCC1CC2)C(O)c1cccs1. The van der Waals surface area contributed by atoms with E-state index in [0.717, 1.165) is 32.5 Å². The molecule has 1 aromatic heterocycles. The van der Waals surface area contributed by atoms with Gasteiger partial charge in [-0.25, -0.2) is 4.79 Å². The molecule has 4 rings (SSSR count). The summed E-state index contributed by atoms with van der Waals surface area (Å²) in [5, 5.41) is 11.7. The number of ether oxygens (including phenoxy) is 1. The molecular weight excluding hydrogens is 250 g/mol. The monoisotopic (exact) mass is 267 g/mol. The summed E-state index contributed by atoms with van der Waals surface area (Å²) in [6, 6.07) is 3.58. The number of thiophene rings is 1. The number of nitrogens with zero attached hydrogens (tertiary/aromatic N) is 1. The standard InChI is InChI=1S/C13H17NO3S/c15-12(11-2-1-7-18-11)13(16)17-10-8-14-5-3-9(10)4-6-14/h1-2,7,9-10,12,15H,3-6,8H2/t10-,12?/m0/s1. The highest BCUT2D eigenvalue weighted by atomic mass is 32.1. The van der Waals surface area contributed by atoms with Gasteiger partial charge < -0.3 is 9.84 Å². The Morgan fingerprint density at radius 3 is 2.83 bits per heavy atom. The molecule has 3 aliphatic heterocycles. The topological polar surface area (TPSA) is 49.8 Å². The van der Waals surface area contributed by atoms with Crippen LogP contribution >= 0.6 is 11.3 Å². The molecule has 4 nitrogen and oxygen atoms in total. The lowest BCUT2D eigenvalue weighted by Crippen LogP contribution is -2.52. The molecule has 2 bridgehead atoms. The van der Waals surface area contributed by atoms with E-state index in [-0.39, 0.29) is 6.10 Å². The molecule has 0 spiro atoms. The van der Waals surface area contributed by atoms with Crippen molar-refractivity contribution in [2.24, 2.45) is 5.92 Å². The van der Waals surface area contributed by atoms with Crippen molar-refractivity contribution in [2.75, 3.05) is 19.6 Å². The molecule has 4 heterocycles. The molecule has 0 aromatic carbocycles. The predicted octanol–water partition coefficient (Wildman–Crippen LogP) is 1.42. The van der Waals surface area contributed by atoms with Gasteiger partial charge in [-0.1, -0.05) is 6.07 Å². The molecule has 0 aliphatic carbocycles. The van der Waals surface area contributed by atoms with Gasteiger partial charge in [0.25, 0.3) is 0 Å². The summed E-state index contributed by atoms with van der Waals surface area (Å²) in [6.07, 6.45) is 1.05. The van der Waals surface area contributed by atoms with Crippen LogP contribution in [0.2, 0.25) is 0 Å². The van der Waals surface area contributed by atoms with Crippen molar-refractivity contribution in [3.63, 3.8) is 0 Å². The lowest BCUT2D eigenvalue weighted by molar-refractivity contribution is -0.168. The zero-order valence-electron chi connectivity index (χ0n) is 10.1. The van der Waals surface area contributed by atoms with E-state index < -0.39 is 12.1 Å². The fourth-order valence-electron chi connectivity index (χ4n) is 2.82. The van der Waals surface area contributed by atoms with Crippen molar-refractivity contribution >= 4 is 17.3 Å². The number of hydrogen-bond acceptors (Lipinski definition) is 5. The summed E-state index contributed by atoms with van der Waals surface area (Å²) >= 11 is 1.38. The molecular formula is C13H17NO3S. The van der Waals surface area contributed by atoms with Gasteiger partial charge in [-0.3, -0.25) is 4.90 Å². The molecule has 1 N–H and O–H groups in total. The Morgan fingerprint density at radius 2 is 2.28 bits per heavy atom. The molecule has 0 amide bonds. The Labute approximate surface area is 110 Å². The first-order valence-electron chi connectivity index (χ1n) is 6.38. The molecule has 98 valence electrons.